The maximum Gasteiger partial charge on any atom is 0.137 e. The summed E-state index contributed by atoms with van der Waals surface area (Å²) in [5.41, 5.74) is 2.23. The van der Waals surface area contributed by atoms with E-state index in [4.69, 9.17) is 4.74 Å². The Hall–Kier alpha value is -1.39. The number of H-pyrrole nitrogens is 1. The molecule has 4 heteroatoms. The number of aromatic amines is 1. The van der Waals surface area contributed by atoms with Crippen LogP contribution in [0.25, 0.3) is 11.0 Å². The van der Waals surface area contributed by atoms with Crippen molar-refractivity contribution in [3.05, 3.63) is 30.1 Å². The molecular formula is C12H15N3O. The zero-order chi connectivity index (χ0) is 10.8. The SMILES string of the molecule is c1cnc2[nH]cc(CNC3CCOC3)c2c1. The second kappa shape index (κ2) is 4.23. The van der Waals surface area contributed by atoms with Crippen molar-refractivity contribution >= 4 is 11.0 Å². The molecule has 3 rings (SSSR count). The fraction of sp³-hybridized carbons (Fsp3) is 0.417. The highest BCUT2D eigenvalue weighted by Crippen LogP contribution is 2.15. The summed E-state index contributed by atoms with van der Waals surface area (Å²) in [5.74, 6) is 0. The molecule has 1 saturated heterocycles. The molecule has 1 aliphatic heterocycles. The Morgan fingerprint density at radius 3 is 3.44 bits per heavy atom. The van der Waals surface area contributed by atoms with Gasteiger partial charge in [0.2, 0.25) is 0 Å². The number of aromatic nitrogens is 2. The van der Waals surface area contributed by atoms with Crippen LogP contribution < -0.4 is 5.32 Å². The van der Waals surface area contributed by atoms with E-state index in [1.54, 1.807) is 6.20 Å². The third-order valence-corrected chi connectivity index (χ3v) is 3.05. The number of nitrogens with zero attached hydrogens (tertiary/aromatic N) is 1. The molecule has 1 unspecified atom stereocenters. The molecule has 0 spiro atoms. The van der Waals surface area contributed by atoms with E-state index in [2.05, 4.69) is 21.4 Å². The molecule has 2 aromatic heterocycles. The van der Waals surface area contributed by atoms with Gasteiger partial charge in [-0.2, -0.15) is 0 Å². The van der Waals surface area contributed by atoms with Crippen molar-refractivity contribution in [1.29, 1.82) is 0 Å². The fourth-order valence-electron chi connectivity index (χ4n) is 2.11. The van der Waals surface area contributed by atoms with Crippen molar-refractivity contribution in [1.82, 2.24) is 15.3 Å². The normalized spacial score (nSPS) is 20.6. The van der Waals surface area contributed by atoms with Gasteiger partial charge in [-0.15, -0.1) is 0 Å². The van der Waals surface area contributed by atoms with Crippen molar-refractivity contribution in [2.75, 3.05) is 13.2 Å². The quantitative estimate of drug-likeness (QED) is 0.818. The second-order valence-corrected chi connectivity index (χ2v) is 4.15. The second-order valence-electron chi connectivity index (χ2n) is 4.15. The van der Waals surface area contributed by atoms with E-state index in [1.165, 1.54) is 10.9 Å². The van der Waals surface area contributed by atoms with Crippen LogP contribution in [0.5, 0.6) is 0 Å². The number of hydrogen-bond acceptors (Lipinski definition) is 3. The zero-order valence-corrected chi connectivity index (χ0v) is 9.07. The third-order valence-electron chi connectivity index (χ3n) is 3.05. The number of hydrogen-bond donors (Lipinski definition) is 2. The van der Waals surface area contributed by atoms with Crippen LogP contribution >= 0.6 is 0 Å². The number of pyridine rings is 1. The number of rotatable bonds is 3. The predicted octanol–water partition coefficient (Wildman–Crippen LogP) is 1.44. The Morgan fingerprint density at radius 1 is 1.56 bits per heavy atom. The molecule has 0 bridgehead atoms. The van der Waals surface area contributed by atoms with Crippen LogP contribution in [0.2, 0.25) is 0 Å². The van der Waals surface area contributed by atoms with Gasteiger partial charge in [0.15, 0.2) is 0 Å². The molecule has 0 radical (unpaired) electrons. The van der Waals surface area contributed by atoms with E-state index < -0.39 is 0 Å². The standard InChI is InChI=1S/C12H15N3O/c1-2-11-9(7-15-12(11)13-4-1)6-14-10-3-5-16-8-10/h1-2,4,7,10,14H,3,5-6,8H2,(H,13,15). The molecule has 84 valence electrons. The number of ether oxygens (including phenoxy) is 1. The molecule has 0 aliphatic carbocycles. The lowest BCUT2D eigenvalue weighted by atomic mass is 10.2. The van der Waals surface area contributed by atoms with Gasteiger partial charge < -0.3 is 15.0 Å². The van der Waals surface area contributed by atoms with E-state index >= 15 is 0 Å². The van der Waals surface area contributed by atoms with Crippen LogP contribution in [0.4, 0.5) is 0 Å². The van der Waals surface area contributed by atoms with Crippen LogP contribution in [0.3, 0.4) is 0 Å². The molecule has 0 amide bonds. The van der Waals surface area contributed by atoms with Gasteiger partial charge in [-0.3, -0.25) is 0 Å². The summed E-state index contributed by atoms with van der Waals surface area (Å²) in [7, 11) is 0. The summed E-state index contributed by atoms with van der Waals surface area (Å²) in [6.45, 7) is 2.59. The van der Waals surface area contributed by atoms with Crippen LogP contribution in [0.1, 0.15) is 12.0 Å². The smallest absolute Gasteiger partial charge is 0.137 e. The summed E-state index contributed by atoms with van der Waals surface area (Å²) in [5, 5.41) is 4.71. The van der Waals surface area contributed by atoms with Crippen molar-refractivity contribution in [3.8, 4) is 0 Å². The summed E-state index contributed by atoms with van der Waals surface area (Å²) in [6, 6.07) is 4.57. The third kappa shape index (κ3) is 1.81. The van der Waals surface area contributed by atoms with Crippen molar-refractivity contribution in [2.24, 2.45) is 0 Å². The lowest BCUT2D eigenvalue weighted by Gasteiger charge is -2.09. The van der Waals surface area contributed by atoms with Gasteiger partial charge in [0.1, 0.15) is 5.65 Å². The highest BCUT2D eigenvalue weighted by Gasteiger charge is 2.15. The molecule has 3 heterocycles. The van der Waals surface area contributed by atoms with E-state index in [0.717, 1.165) is 31.8 Å². The highest BCUT2D eigenvalue weighted by atomic mass is 16.5. The lowest BCUT2D eigenvalue weighted by molar-refractivity contribution is 0.190. The monoisotopic (exact) mass is 217 g/mol. The summed E-state index contributed by atoms with van der Waals surface area (Å²) in [6.07, 6.45) is 4.95. The first kappa shape index (κ1) is 9.81. The van der Waals surface area contributed by atoms with Crippen LogP contribution in [-0.4, -0.2) is 29.2 Å². The van der Waals surface area contributed by atoms with Gasteiger partial charge in [-0.25, -0.2) is 4.98 Å². The van der Waals surface area contributed by atoms with Gasteiger partial charge in [0.05, 0.1) is 6.61 Å². The molecule has 2 aromatic rings. The summed E-state index contributed by atoms with van der Waals surface area (Å²) >= 11 is 0. The molecule has 16 heavy (non-hydrogen) atoms. The van der Waals surface area contributed by atoms with Crippen LogP contribution in [0.15, 0.2) is 24.5 Å². The van der Waals surface area contributed by atoms with E-state index in [9.17, 15) is 0 Å². The predicted molar refractivity (Wildman–Crippen MR) is 62.2 cm³/mol. The van der Waals surface area contributed by atoms with Crippen LogP contribution in [-0.2, 0) is 11.3 Å². The summed E-state index contributed by atoms with van der Waals surface area (Å²) < 4.78 is 5.33. The lowest BCUT2D eigenvalue weighted by Crippen LogP contribution is -2.28. The van der Waals surface area contributed by atoms with Gasteiger partial charge in [-0.05, 0) is 24.1 Å². The van der Waals surface area contributed by atoms with Crippen molar-refractivity contribution < 1.29 is 4.74 Å². The molecule has 1 atom stereocenters. The molecule has 4 nitrogen and oxygen atoms in total. The van der Waals surface area contributed by atoms with Gasteiger partial charge in [-0.1, -0.05) is 0 Å². The Balaban J connectivity index is 1.73. The minimum absolute atomic E-state index is 0.502. The molecular weight excluding hydrogens is 202 g/mol. The minimum Gasteiger partial charge on any atom is -0.380 e. The maximum absolute atomic E-state index is 5.33. The molecule has 2 N–H and O–H groups in total. The Morgan fingerprint density at radius 2 is 2.56 bits per heavy atom. The maximum atomic E-state index is 5.33. The highest BCUT2D eigenvalue weighted by molar-refractivity contribution is 5.79. The zero-order valence-electron chi connectivity index (χ0n) is 9.07. The Kier molecular flexibility index (Phi) is 2.60. The molecule has 1 aliphatic rings. The first-order valence-electron chi connectivity index (χ1n) is 5.65. The van der Waals surface area contributed by atoms with E-state index in [-0.39, 0.29) is 0 Å². The largest absolute Gasteiger partial charge is 0.380 e. The number of nitrogens with one attached hydrogen (secondary N) is 2. The van der Waals surface area contributed by atoms with E-state index in [1.807, 2.05) is 12.3 Å². The van der Waals surface area contributed by atoms with E-state index in [0.29, 0.717) is 6.04 Å². The molecule has 1 fully saturated rings. The van der Waals surface area contributed by atoms with Gasteiger partial charge >= 0.3 is 0 Å². The fourth-order valence-corrected chi connectivity index (χ4v) is 2.11. The summed E-state index contributed by atoms with van der Waals surface area (Å²) in [4.78, 5) is 7.45. The topological polar surface area (TPSA) is 49.9 Å². The molecule has 0 saturated carbocycles. The van der Waals surface area contributed by atoms with Gasteiger partial charge in [0, 0.05) is 37.0 Å². The first-order chi connectivity index (χ1) is 7.93. The Bertz CT molecular complexity index is 474. The van der Waals surface area contributed by atoms with Gasteiger partial charge in [0.25, 0.3) is 0 Å². The van der Waals surface area contributed by atoms with Crippen molar-refractivity contribution in [2.45, 2.75) is 19.0 Å². The first-order valence-corrected chi connectivity index (χ1v) is 5.65. The average Bonchev–Trinajstić information content (AvgIpc) is 2.96. The Labute approximate surface area is 94.0 Å². The van der Waals surface area contributed by atoms with Crippen molar-refractivity contribution in [3.63, 3.8) is 0 Å². The molecule has 0 aromatic carbocycles. The van der Waals surface area contributed by atoms with Crippen LogP contribution in [0, 0.1) is 0 Å². The number of fused-ring (bicyclic) bond motifs is 1. The minimum atomic E-state index is 0.502. The average molecular weight is 217 g/mol.